The number of hydrogen-bond donors (Lipinski definition) is 1. The first kappa shape index (κ1) is 19.2. The van der Waals surface area contributed by atoms with Gasteiger partial charge in [-0.2, -0.15) is 0 Å². The predicted octanol–water partition coefficient (Wildman–Crippen LogP) is 3.34. The van der Waals surface area contributed by atoms with Crippen LogP contribution in [0.3, 0.4) is 0 Å². The highest BCUT2D eigenvalue weighted by Gasteiger charge is 2.45. The third-order valence-electron chi connectivity index (χ3n) is 5.83. The van der Waals surface area contributed by atoms with Crippen molar-refractivity contribution in [2.24, 2.45) is 5.92 Å². The Bertz CT molecular complexity index is 936. The van der Waals surface area contributed by atoms with E-state index in [0.29, 0.717) is 30.6 Å². The molecule has 0 aromatic heterocycles. The molecule has 2 aromatic carbocycles. The summed E-state index contributed by atoms with van der Waals surface area (Å²) in [6.45, 7) is 4.35. The van der Waals surface area contributed by atoms with Crippen molar-refractivity contribution in [1.82, 2.24) is 10.2 Å². The van der Waals surface area contributed by atoms with Gasteiger partial charge < -0.3 is 10.1 Å². The molecule has 150 valence electrons. The number of fused-ring (bicyclic) bond motifs is 2. The fraction of sp³-hybridized carbons (Fsp3) is 0.348. The van der Waals surface area contributed by atoms with E-state index in [1.807, 2.05) is 38.1 Å². The minimum Gasteiger partial charge on any atom is -0.493 e. The van der Waals surface area contributed by atoms with Crippen LogP contribution in [0.2, 0.25) is 0 Å². The maximum atomic E-state index is 13.4. The minimum absolute atomic E-state index is 0.174. The Balaban J connectivity index is 1.63. The predicted molar refractivity (Wildman–Crippen MR) is 108 cm³/mol. The van der Waals surface area contributed by atoms with Crippen LogP contribution in [0.25, 0.3) is 0 Å². The third kappa shape index (κ3) is 3.28. The number of hydrogen-bond acceptors (Lipinski definition) is 4. The maximum absolute atomic E-state index is 13.4. The van der Waals surface area contributed by atoms with Gasteiger partial charge in [0.05, 0.1) is 23.8 Å². The molecule has 3 unspecified atom stereocenters. The van der Waals surface area contributed by atoms with E-state index in [1.165, 1.54) is 0 Å². The number of para-hydroxylation sites is 1. The van der Waals surface area contributed by atoms with Crippen molar-refractivity contribution in [1.29, 1.82) is 0 Å². The van der Waals surface area contributed by atoms with Gasteiger partial charge >= 0.3 is 0 Å². The number of nitrogens with one attached hydrogen (secondary N) is 1. The maximum Gasteiger partial charge on any atom is 0.262 e. The zero-order chi connectivity index (χ0) is 20.5. The number of rotatable bonds is 5. The summed E-state index contributed by atoms with van der Waals surface area (Å²) >= 11 is 0. The number of amides is 3. The van der Waals surface area contributed by atoms with E-state index in [4.69, 9.17) is 4.74 Å². The molecule has 0 bridgehead atoms. The monoisotopic (exact) mass is 392 g/mol. The molecule has 3 amide bonds. The SMILES string of the molecule is CCC(C)C(C(=O)NC1CCOc2ccccc21)N1C(=O)c2ccccc2C1=O. The summed E-state index contributed by atoms with van der Waals surface area (Å²) in [6.07, 6.45) is 1.30. The van der Waals surface area contributed by atoms with Crippen LogP contribution in [-0.4, -0.2) is 35.3 Å². The normalized spacial score (nSPS) is 19.8. The summed E-state index contributed by atoms with van der Waals surface area (Å²) in [5.41, 5.74) is 1.63. The van der Waals surface area contributed by atoms with Gasteiger partial charge in [-0.25, -0.2) is 0 Å². The lowest BCUT2D eigenvalue weighted by molar-refractivity contribution is -0.127. The highest BCUT2D eigenvalue weighted by atomic mass is 16.5. The Morgan fingerprint density at radius 2 is 1.72 bits per heavy atom. The lowest BCUT2D eigenvalue weighted by Gasteiger charge is -2.33. The van der Waals surface area contributed by atoms with E-state index in [9.17, 15) is 14.4 Å². The first-order valence-electron chi connectivity index (χ1n) is 10.0. The second kappa shape index (κ2) is 7.70. The molecule has 0 spiro atoms. The highest BCUT2D eigenvalue weighted by Crippen LogP contribution is 2.33. The van der Waals surface area contributed by atoms with Gasteiger partial charge in [-0.05, 0) is 24.1 Å². The molecule has 3 atom stereocenters. The summed E-state index contributed by atoms with van der Waals surface area (Å²) in [6, 6.07) is 13.3. The van der Waals surface area contributed by atoms with E-state index in [1.54, 1.807) is 24.3 Å². The first-order valence-corrected chi connectivity index (χ1v) is 10.0. The fourth-order valence-electron chi connectivity index (χ4n) is 4.06. The van der Waals surface area contributed by atoms with Gasteiger partial charge in [0.25, 0.3) is 11.8 Å². The zero-order valence-corrected chi connectivity index (χ0v) is 16.6. The summed E-state index contributed by atoms with van der Waals surface area (Å²) < 4.78 is 5.67. The average molecular weight is 392 g/mol. The summed E-state index contributed by atoms with van der Waals surface area (Å²) in [7, 11) is 0. The number of ether oxygens (including phenoxy) is 1. The molecule has 1 N–H and O–H groups in total. The van der Waals surface area contributed by atoms with Crippen molar-refractivity contribution >= 4 is 17.7 Å². The molecule has 0 aliphatic carbocycles. The molecule has 6 nitrogen and oxygen atoms in total. The van der Waals surface area contributed by atoms with Crippen LogP contribution in [0.1, 0.15) is 59.0 Å². The van der Waals surface area contributed by atoms with Crippen molar-refractivity contribution in [2.75, 3.05) is 6.61 Å². The van der Waals surface area contributed by atoms with Crippen molar-refractivity contribution in [2.45, 2.75) is 38.8 Å². The van der Waals surface area contributed by atoms with Crippen molar-refractivity contribution < 1.29 is 19.1 Å². The highest BCUT2D eigenvalue weighted by molar-refractivity contribution is 6.22. The van der Waals surface area contributed by atoms with Gasteiger partial charge in [-0.3, -0.25) is 19.3 Å². The Morgan fingerprint density at radius 3 is 2.38 bits per heavy atom. The second-order valence-electron chi connectivity index (χ2n) is 7.59. The minimum atomic E-state index is -0.859. The molecule has 2 aliphatic rings. The first-order chi connectivity index (χ1) is 14.0. The summed E-state index contributed by atoms with van der Waals surface area (Å²) in [4.78, 5) is 40.4. The number of carbonyl (C=O) groups is 3. The summed E-state index contributed by atoms with van der Waals surface area (Å²) in [5.74, 6) is -0.537. The Hall–Kier alpha value is -3.15. The van der Waals surface area contributed by atoms with E-state index >= 15 is 0 Å². The molecule has 29 heavy (non-hydrogen) atoms. The molecule has 0 saturated heterocycles. The molecule has 0 saturated carbocycles. The van der Waals surface area contributed by atoms with E-state index < -0.39 is 17.9 Å². The lowest BCUT2D eigenvalue weighted by Crippen LogP contribution is -2.53. The Labute approximate surface area is 169 Å². The number of imide groups is 1. The number of nitrogens with zero attached hydrogens (tertiary/aromatic N) is 1. The van der Waals surface area contributed by atoms with Crippen LogP contribution >= 0.6 is 0 Å². The van der Waals surface area contributed by atoms with E-state index in [0.717, 1.165) is 16.2 Å². The molecule has 0 fully saturated rings. The van der Waals surface area contributed by atoms with Gasteiger partial charge in [0.15, 0.2) is 0 Å². The van der Waals surface area contributed by atoms with Gasteiger partial charge in [0, 0.05) is 12.0 Å². The molecular weight excluding hydrogens is 368 g/mol. The lowest BCUT2D eigenvalue weighted by atomic mass is 9.94. The van der Waals surface area contributed by atoms with Crippen LogP contribution in [0, 0.1) is 5.92 Å². The third-order valence-corrected chi connectivity index (χ3v) is 5.83. The van der Waals surface area contributed by atoms with Gasteiger partial charge in [-0.15, -0.1) is 0 Å². The topological polar surface area (TPSA) is 75.7 Å². The fourth-order valence-corrected chi connectivity index (χ4v) is 4.06. The molecule has 2 aromatic rings. The molecular formula is C23H24N2O4. The van der Waals surface area contributed by atoms with Crippen molar-refractivity contribution in [3.63, 3.8) is 0 Å². The van der Waals surface area contributed by atoms with Gasteiger partial charge in [-0.1, -0.05) is 50.6 Å². The Morgan fingerprint density at radius 1 is 1.10 bits per heavy atom. The summed E-state index contributed by atoms with van der Waals surface area (Å²) in [5, 5.41) is 3.07. The van der Waals surface area contributed by atoms with Crippen LogP contribution in [-0.2, 0) is 4.79 Å². The molecule has 0 radical (unpaired) electrons. The average Bonchev–Trinajstić information content (AvgIpc) is 2.99. The molecule has 2 aliphatic heterocycles. The van der Waals surface area contributed by atoms with E-state index in [-0.39, 0.29) is 17.9 Å². The van der Waals surface area contributed by atoms with Crippen molar-refractivity contribution in [3.05, 3.63) is 65.2 Å². The van der Waals surface area contributed by atoms with E-state index in [2.05, 4.69) is 5.32 Å². The van der Waals surface area contributed by atoms with Crippen molar-refractivity contribution in [3.8, 4) is 5.75 Å². The van der Waals surface area contributed by atoms with Crippen LogP contribution in [0.5, 0.6) is 5.75 Å². The van der Waals surface area contributed by atoms with Gasteiger partial charge in [0.1, 0.15) is 11.8 Å². The zero-order valence-electron chi connectivity index (χ0n) is 16.6. The quantitative estimate of drug-likeness (QED) is 0.792. The van der Waals surface area contributed by atoms with Gasteiger partial charge in [0.2, 0.25) is 5.91 Å². The molecule has 2 heterocycles. The van der Waals surface area contributed by atoms with Crippen LogP contribution in [0.15, 0.2) is 48.5 Å². The largest absolute Gasteiger partial charge is 0.493 e. The Kier molecular flexibility index (Phi) is 5.09. The number of carbonyl (C=O) groups excluding carboxylic acids is 3. The standard InChI is InChI=1S/C23H24N2O4/c1-3-14(2)20(25-22(27)15-8-4-5-9-16(15)23(25)28)21(26)24-18-12-13-29-19-11-7-6-10-17(18)19/h4-11,14,18,20H,3,12-13H2,1-2H3,(H,24,26). The molecule has 6 heteroatoms. The molecule has 4 rings (SSSR count). The second-order valence-corrected chi connectivity index (χ2v) is 7.59. The number of benzene rings is 2. The smallest absolute Gasteiger partial charge is 0.262 e. The van der Waals surface area contributed by atoms with Crippen LogP contribution < -0.4 is 10.1 Å². The van der Waals surface area contributed by atoms with Crippen LogP contribution in [0.4, 0.5) is 0 Å².